The Morgan fingerprint density at radius 1 is 1.04 bits per heavy atom. The van der Waals surface area contributed by atoms with Crippen molar-refractivity contribution in [2.24, 2.45) is 7.05 Å². The summed E-state index contributed by atoms with van der Waals surface area (Å²) in [6, 6.07) is 19.5. The second-order valence-corrected chi connectivity index (χ2v) is 5.90. The lowest BCUT2D eigenvalue weighted by Gasteiger charge is -2.09. The fraction of sp³-hybridized carbons (Fsp3) is 0.100. The number of hydrogen-bond donors (Lipinski definition) is 1. The minimum atomic E-state index is -0.128. The number of carbonyl (C=O) groups excluding carboxylic acids is 1. The Morgan fingerprint density at radius 3 is 2.71 bits per heavy atom. The Labute approximate surface area is 139 Å². The molecule has 0 aliphatic carbocycles. The van der Waals surface area contributed by atoms with Gasteiger partial charge in [0.2, 0.25) is 0 Å². The van der Waals surface area contributed by atoms with E-state index in [0.29, 0.717) is 5.56 Å². The fourth-order valence-electron chi connectivity index (χ4n) is 2.99. The van der Waals surface area contributed by atoms with Crippen LogP contribution in [0.1, 0.15) is 16.2 Å². The number of carbonyl (C=O) groups is 1. The average molecular weight is 315 g/mol. The number of amides is 1. The van der Waals surface area contributed by atoms with E-state index in [4.69, 9.17) is 0 Å². The molecule has 1 heterocycles. The highest BCUT2D eigenvalue weighted by molar-refractivity contribution is 6.10. The van der Waals surface area contributed by atoms with Gasteiger partial charge in [-0.25, -0.2) is 4.98 Å². The van der Waals surface area contributed by atoms with Crippen LogP contribution in [-0.2, 0) is 7.05 Å². The van der Waals surface area contributed by atoms with Crippen LogP contribution in [0.4, 0.5) is 5.69 Å². The standard InChI is InChI=1S/C20H17N3O/c1-13-21-18-12-15(10-11-19(18)23(13)2)20(24)22-17-9-5-7-14-6-3-4-8-16(14)17/h3-12H,1-2H3,(H,22,24). The van der Waals surface area contributed by atoms with Crippen LogP contribution in [0.25, 0.3) is 21.8 Å². The van der Waals surface area contributed by atoms with Gasteiger partial charge in [-0.1, -0.05) is 36.4 Å². The van der Waals surface area contributed by atoms with Crippen molar-refractivity contribution < 1.29 is 4.79 Å². The minimum Gasteiger partial charge on any atom is -0.331 e. The van der Waals surface area contributed by atoms with Crippen molar-refractivity contribution in [1.29, 1.82) is 0 Å². The zero-order valence-electron chi connectivity index (χ0n) is 13.6. The number of rotatable bonds is 2. The van der Waals surface area contributed by atoms with E-state index in [1.807, 2.05) is 79.2 Å². The summed E-state index contributed by atoms with van der Waals surface area (Å²) >= 11 is 0. The SMILES string of the molecule is Cc1nc2cc(C(=O)Nc3cccc4ccccc34)ccc2n1C. The predicted octanol–water partition coefficient (Wildman–Crippen LogP) is 4.29. The Bertz CT molecular complexity index is 1070. The molecule has 0 fully saturated rings. The molecular weight excluding hydrogens is 298 g/mol. The van der Waals surface area contributed by atoms with Crippen LogP contribution in [-0.4, -0.2) is 15.5 Å². The second-order valence-electron chi connectivity index (χ2n) is 5.90. The van der Waals surface area contributed by atoms with E-state index in [0.717, 1.165) is 33.3 Å². The van der Waals surface area contributed by atoms with Gasteiger partial charge in [-0.3, -0.25) is 4.79 Å². The van der Waals surface area contributed by atoms with Crippen molar-refractivity contribution in [3.8, 4) is 0 Å². The number of nitrogens with one attached hydrogen (secondary N) is 1. The van der Waals surface area contributed by atoms with Crippen molar-refractivity contribution >= 4 is 33.4 Å². The van der Waals surface area contributed by atoms with E-state index in [1.165, 1.54) is 0 Å². The lowest BCUT2D eigenvalue weighted by molar-refractivity contribution is 0.102. The van der Waals surface area contributed by atoms with Gasteiger partial charge in [-0.2, -0.15) is 0 Å². The van der Waals surface area contributed by atoms with E-state index >= 15 is 0 Å². The molecule has 0 saturated heterocycles. The highest BCUT2D eigenvalue weighted by Crippen LogP contribution is 2.24. The largest absolute Gasteiger partial charge is 0.331 e. The molecule has 0 aliphatic rings. The van der Waals surface area contributed by atoms with Gasteiger partial charge in [0, 0.05) is 23.7 Å². The summed E-state index contributed by atoms with van der Waals surface area (Å²) in [5.41, 5.74) is 3.28. The van der Waals surface area contributed by atoms with Crippen LogP contribution in [0.3, 0.4) is 0 Å². The molecule has 0 spiro atoms. The van der Waals surface area contributed by atoms with Crippen LogP contribution in [0.15, 0.2) is 60.7 Å². The molecule has 3 aromatic carbocycles. The summed E-state index contributed by atoms with van der Waals surface area (Å²) in [6.45, 7) is 1.95. The maximum absolute atomic E-state index is 12.6. The number of imidazole rings is 1. The van der Waals surface area contributed by atoms with E-state index in [9.17, 15) is 4.79 Å². The molecular formula is C20H17N3O. The van der Waals surface area contributed by atoms with Gasteiger partial charge < -0.3 is 9.88 Å². The molecule has 4 nitrogen and oxygen atoms in total. The molecule has 1 aromatic heterocycles. The smallest absolute Gasteiger partial charge is 0.255 e. The zero-order valence-corrected chi connectivity index (χ0v) is 13.6. The first-order valence-electron chi connectivity index (χ1n) is 7.86. The van der Waals surface area contributed by atoms with Gasteiger partial charge in [0.25, 0.3) is 5.91 Å². The molecule has 0 saturated carbocycles. The highest BCUT2D eigenvalue weighted by atomic mass is 16.1. The Balaban J connectivity index is 1.71. The van der Waals surface area contributed by atoms with Crippen LogP contribution in [0.5, 0.6) is 0 Å². The maximum Gasteiger partial charge on any atom is 0.255 e. The zero-order chi connectivity index (χ0) is 16.7. The summed E-state index contributed by atoms with van der Waals surface area (Å²) in [4.78, 5) is 17.1. The number of aryl methyl sites for hydroxylation is 2. The van der Waals surface area contributed by atoms with Crippen molar-refractivity contribution in [2.45, 2.75) is 6.92 Å². The molecule has 4 aromatic rings. The highest BCUT2D eigenvalue weighted by Gasteiger charge is 2.11. The summed E-state index contributed by atoms with van der Waals surface area (Å²) in [5.74, 6) is 0.799. The third-order valence-corrected chi connectivity index (χ3v) is 4.40. The van der Waals surface area contributed by atoms with Crippen molar-refractivity contribution in [3.63, 3.8) is 0 Å². The van der Waals surface area contributed by atoms with Gasteiger partial charge in [-0.15, -0.1) is 0 Å². The van der Waals surface area contributed by atoms with E-state index < -0.39 is 0 Å². The molecule has 1 amide bonds. The van der Waals surface area contributed by atoms with Crippen molar-refractivity contribution in [1.82, 2.24) is 9.55 Å². The van der Waals surface area contributed by atoms with Gasteiger partial charge in [0.1, 0.15) is 5.82 Å². The molecule has 0 radical (unpaired) electrons. The van der Waals surface area contributed by atoms with Crippen molar-refractivity contribution in [2.75, 3.05) is 5.32 Å². The first-order chi connectivity index (χ1) is 11.6. The summed E-state index contributed by atoms with van der Waals surface area (Å²) in [7, 11) is 1.97. The van der Waals surface area contributed by atoms with Gasteiger partial charge in [0.05, 0.1) is 11.0 Å². The van der Waals surface area contributed by atoms with Gasteiger partial charge >= 0.3 is 0 Å². The van der Waals surface area contributed by atoms with Crippen LogP contribution < -0.4 is 5.32 Å². The number of anilines is 1. The quantitative estimate of drug-likeness (QED) is 0.600. The molecule has 0 bridgehead atoms. The van der Waals surface area contributed by atoms with E-state index in [1.54, 1.807) is 0 Å². The third kappa shape index (κ3) is 2.33. The van der Waals surface area contributed by atoms with Crippen molar-refractivity contribution in [3.05, 3.63) is 72.1 Å². The molecule has 0 aliphatic heterocycles. The van der Waals surface area contributed by atoms with Gasteiger partial charge in [0.15, 0.2) is 0 Å². The summed E-state index contributed by atoms with van der Waals surface area (Å²) in [5, 5.41) is 5.15. The normalized spacial score (nSPS) is 11.1. The Kier molecular flexibility index (Phi) is 3.31. The molecule has 0 atom stereocenters. The number of nitrogens with zero attached hydrogens (tertiary/aromatic N) is 2. The Morgan fingerprint density at radius 2 is 1.83 bits per heavy atom. The Hall–Kier alpha value is -3.14. The summed E-state index contributed by atoms with van der Waals surface area (Å²) in [6.07, 6.45) is 0. The molecule has 118 valence electrons. The minimum absolute atomic E-state index is 0.128. The lowest BCUT2D eigenvalue weighted by atomic mass is 10.1. The molecule has 0 unspecified atom stereocenters. The molecule has 4 rings (SSSR count). The number of fused-ring (bicyclic) bond motifs is 2. The number of aromatic nitrogens is 2. The maximum atomic E-state index is 12.6. The molecule has 4 heteroatoms. The fourth-order valence-corrected chi connectivity index (χ4v) is 2.99. The molecule has 1 N–H and O–H groups in total. The third-order valence-electron chi connectivity index (χ3n) is 4.40. The predicted molar refractivity (Wildman–Crippen MR) is 97.4 cm³/mol. The topological polar surface area (TPSA) is 46.9 Å². The monoisotopic (exact) mass is 315 g/mol. The lowest BCUT2D eigenvalue weighted by Crippen LogP contribution is -2.12. The number of benzene rings is 3. The van der Waals surface area contributed by atoms with Crippen LogP contribution in [0, 0.1) is 6.92 Å². The van der Waals surface area contributed by atoms with Gasteiger partial charge in [-0.05, 0) is 36.6 Å². The summed E-state index contributed by atoms with van der Waals surface area (Å²) < 4.78 is 2.02. The van der Waals surface area contributed by atoms with E-state index in [2.05, 4.69) is 10.3 Å². The molecule has 24 heavy (non-hydrogen) atoms. The van der Waals surface area contributed by atoms with Crippen LogP contribution >= 0.6 is 0 Å². The second kappa shape index (κ2) is 5.49. The van der Waals surface area contributed by atoms with E-state index in [-0.39, 0.29) is 5.91 Å². The number of hydrogen-bond acceptors (Lipinski definition) is 2. The average Bonchev–Trinajstić information content (AvgIpc) is 2.89. The first kappa shape index (κ1) is 14.5. The first-order valence-corrected chi connectivity index (χ1v) is 7.86. The van der Waals surface area contributed by atoms with Crippen LogP contribution in [0.2, 0.25) is 0 Å².